The van der Waals surface area contributed by atoms with Crippen molar-refractivity contribution in [1.29, 1.82) is 0 Å². The number of imide groups is 1. The zero-order valence-electron chi connectivity index (χ0n) is 14.9. The number of nitrogens with two attached hydrogens (primary N) is 1. The number of piperidine rings is 1. The van der Waals surface area contributed by atoms with Gasteiger partial charge in [-0.25, -0.2) is 4.79 Å². The molecule has 26 heavy (non-hydrogen) atoms. The highest BCUT2D eigenvalue weighted by Gasteiger charge is 2.31. The van der Waals surface area contributed by atoms with E-state index in [4.69, 9.17) is 5.73 Å². The number of hydrogen-bond acceptors (Lipinski definition) is 4. The maximum absolute atomic E-state index is 12.8. The van der Waals surface area contributed by atoms with Crippen LogP contribution >= 0.6 is 12.4 Å². The molecule has 2 heterocycles. The first-order chi connectivity index (χ1) is 12.0. The van der Waals surface area contributed by atoms with Crippen molar-refractivity contribution in [3.05, 3.63) is 34.2 Å². The van der Waals surface area contributed by atoms with E-state index in [2.05, 4.69) is 5.32 Å². The van der Waals surface area contributed by atoms with Crippen molar-refractivity contribution >= 4 is 35.3 Å². The molecule has 1 fully saturated rings. The number of aryl methyl sites for hydroxylation is 2. The maximum Gasteiger partial charge on any atom is 0.329 e. The molecule has 2 aromatic rings. The molecular formula is C18H25ClN4O3. The number of nitrogens with zero attached hydrogens (tertiary/aromatic N) is 2. The molecule has 1 aromatic heterocycles. The van der Waals surface area contributed by atoms with E-state index in [-0.39, 0.29) is 30.4 Å². The topological polar surface area (TPSA) is 99.1 Å². The molecule has 3 N–H and O–H groups in total. The van der Waals surface area contributed by atoms with E-state index >= 15 is 0 Å². The lowest BCUT2D eigenvalue weighted by Crippen LogP contribution is -2.44. The molecule has 1 aliphatic heterocycles. The van der Waals surface area contributed by atoms with E-state index in [1.54, 1.807) is 11.6 Å². The van der Waals surface area contributed by atoms with Gasteiger partial charge in [-0.3, -0.25) is 24.0 Å². The van der Waals surface area contributed by atoms with Gasteiger partial charge in [0.2, 0.25) is 11.8 Å². The second-order valence-corrected chi connectivity index (χ2v) is 6.56. The third-order valence-corrected chi connectivity index (χ3v) is 4.86. The Bertz CT molecular complexity index is 871. The largest absolute Gasteiger partial charge is 0.330 e. The lowest BCUT2D eigenvalue weighted by Gasteiger charge is -2.21. The Morgan fingerprint density at radius 1 is 1.19 bits per heavy atom. The Morgan fingerprint density at radius 2 is 1.96 bits per heavy atom. The Balaban J connectivity index is 0.00000243. The van der Waals surface area contributed by atoms with Crippen LogP contribution in [0, 0.1) is 0 Å². The third-order valence-electron chi connectivity index (χ3n) is 4.86. The number of rotatable bonds is 6. The Kier molecular flexibility index (Phi) is 6.61. The molecule has 0 aliphatic carbocycles. The van der Waals surface area contributed by atoms with Crippen LogP contribution in [0.15, 0.2) is 23.0 Å². The number of aromatic nitrogens is 2. The molecule has 1 unspecified atom stereocenters. The minimum atomic E-state index is -0.638. The predicted molar refractivity (Wildman–Crippen MR) is 102 cm³/mol. The Hall–Kier alpha value is -2.12. The minimum absolute atomic E-state index is 0. The smallest absolute Gasteiger partial charge is 0.329 e. The quantitative estimate of drug-likeness (QED) is 0.584. The SMILES string of the molecule is Cl.Cn1c(=O)n(C2CCC(=O)NC2=O)c2cccc(CCCCCN)c21. The van der Waals surface area contributed by atoms with Gasteiger partial charge in [0.25, 0.3) is 0 Å². The fraction of sp³-hybridized carbons (Fsp3) is 0.500. The van der Waals surface area contributed by atoms with Crippen molar-refractivity contribution in [1.82, 2.24) is 14.5 Å². The molecule has 3 rings (SSSR count). The van der Waals surface area contributed by atoms with Crippen molar-refractivity contribution < 1.29 is 9.59 Å². The number of carbonyl (C=O) groups excluding carboxylic acids is 2. The third kappa shape index (κ3) is 3.68. The molecule has 1 atom stereocenters. The van der Waals surface area contributed by atoms with E-state index < -0.39 is 11.9 Å². The van der Waals surface area contributed by atoms with Gasteiger partial charge >= 0.3 is 5.69 Å². The second-order valence-electron chi connectivity index (χ2n) is 6.56. The summed E-state index contributed by atoms with van der Waals surface area (Å²) < 4.78 is 3.14. The lowest BCUT2D eigenvalue weighted by molar-refractivity contribution is -0.135. The van der Waals surface area contributed by atoms with Gasteiger partial charge in [-0.1, -0.05) is 18.6 Å². The molecule has 0 radical (unpaired) electrons. The number of para-hydroxylation sites is 1. The monoisotopic (exact) mass is 380 g/mol. The van der Waals surface area contributed by atoms with Gasteiger partial charge < -0.3 is 5.73 Å². The van der Waals surface area contributed by atoms with Crippen molar-refractivity contribution in [2.45, 2.75) is 44.6 Å². The molecule has 0 spiro atoms. The van der Waals surface area contributed by atoms with Gasteiger partial charge in [-0.05, 0) is 43.9 Å². The summed E-state index contributed by atoms with van der Waals surface area (Å²) in [5.74, 6) is -0.686. The van der Waals surface area contributed by atoms with Crippen LogP contribution in [0.2, 0.25) is 0 Å². The summed E-state index contributed by atoms with van der Waals surface area (Å²) in [6.07, 6.45) is 4.52. The highest BCUT2D eigenvalue weighted by molar-refractivity contribution is 6.00. The van der Waals surface area contributed by atoms with Gasteiger partial charge in [0.1, 0.15) is 6.04 Å². The van der Waals surface area contributed by atoms with E-state index in [1.165, 1.54) is 4.57 Å². The van der Waals surface area contributed by atoms with Crippen molar-refractivity contribution in [3.8, 4) is 0 Å². The highest BCUT2D eigenvalue weighted by Crippen LogP contribution is 2.25. The minimum Gasteiger partial charge on any atom is -0.330 e. The van der Waals surface area contributed by atoms with Crippen LogP contribution < -0.4 is 16.7 Å². The van der Waals surface area contributed by atoms with Crippen molar-refractivity contribution in [3.63, 3.8) is 0 Å². The Labute approximate surface area is 157 Å². The van der Waals surface area contributed by atoms with Crippen LogP contribution in [-0.2, 0) is 23.1 Å². The van der Waals surface area contributed by atoms with E-state index in [1.807, 2.05) is 18.2 Å². The summed E-state index contributed by atoms with van der Waals surface area (Å²) >= 11 is 0. The summed E-state index contributed by atoms with van der Waals surface area (Å²) in [6.45, 7) is 0.689. The van der Waals surface area contributed by atoms with Crippen LogP contribution in [0.25, 0.3) is 11.0 Å². The fourth-order valence-electron chi connectivity index (χ4n) is 3.59. The molecule has 142 valence electrons. The molecule has 7 nitrogen and oxygen atoms in total. The summed E-state index contributed by atoms with van der Waals surface area (Å²) in [5.41, 5.74) is 8.03. The molecule has 2 amide bonds. The van der Waals surface area contributed by atoms with Gasteiger partial charge in [0.05, 0.1) is 11.0 Å². The second kappa shape index (κ2) is 8.51. The standard InChI is InChI=1S/C18H24N4O3.ClH/c1-21-16-12(6-3-2-4-11-19)7-5-8-13(16)22(18(21)25)14-9-10-15(23)20-17(14)24;/h5,7-8,14H,2-4,6,9-11,19H2,1H3,(H,20,23,24);1H. The fourth-order valence-corrected chi connectivity index (χ4v) is 3.59. The van der Waals surface area contributed by atoms with Crippen LogP contribution in [0.4, 0.5) is 0 Å². The predicted octanol–water partition coefficient (Wildman–Crippen LogP) is 1.41. The van der Waals surface area contributed by atoms with Gasteiger partial charge in [-0.15, -0.1) is 12.4 Å². The number of unbranched alkanes of at least 4 members (excludes halogenated alkanes) is 2. The summed E-state index contributed by atoms with van der Waals surface area (Å²) in [4.78, 5) is 36.4. The number of imidazole rings is 1. The number of benzene rings is 1. The number of hydrogen-bond donors (Lipinski definition) is 2. The average molecular weight is 381 g/mol. The lowest BCUT2D eigenvalue weighted by atomic mass is 10.0. The number of nitrogens with one attached hydrogen (secondary N) is 1. The maximum atomic E-state index is 12.8. The molecule has 0 saturated carbocycles. The zero-order valence-corrected chi connectivity index (χ0v) is 15.7. The zero-order chi connectivity index (χ0) is 18.0. The normalized spacial score (nSPS) is 17.2. The van der Waals surface area contributed by atoms with Gasteiger partial charge in [-0.2, -0.15) is 0 Å². The number of carbonyl (C=O) groups is 2. The molecule has 0 bridgehead atoms. The first-order valence-electron chi connectivity index (χ1n) is 8.77. The first kappa shape index (κ1) is 20.2. The van der Waals surface area contributed by atoms with Crippen LogP contribution in [0.5, 0.6) is 0 Å². The van der Waals surface area contributed by atoms with E-state index in [0.29, 0.717) is 13.0 Å². The molecule has 1 saturated heterocycles. The van der Waals surface area contributed by atoms with E-state index in [0.717, 1.165) is 42.3 Å². The number of amides is 2. The summed E-state index contributed by atoms with van der Waals surface area (Å²) in [6, 6.07) is 5.17. The van der Waals surface area contributed by atoms with Crippen LogP contribution in [0.3, 0.4) is 0 Å². The first-order valence-corrected chi connectivity index (χ1v) is 8.77. The van der Waals surface area contributed by atoms with Crippen LogP contribution in [0.1, 0.15) is 43.7 Å². The summed E-state index contributed by atoms with van der Waals surface area (Å²) in [5, 5.41) is 2.33. The Morgan fingerprint density at radius 3 is 2.65 bits per heavy atom. The molecule has 1 aromatic carbocycles. The molecule has 8 heteroatoms. The van der Waals surface area contributed by atoms with Gasteiger partial charge in [0.15, 0.2) is 0 Å². The average Bonchev–Trinajstić information content (AvgIpc) is 2.84. The van der Waals surface area contributed by atoms with Gasteiger partial charge in [0, 0.05) is 13.5 Å². The highest BCUT2D eigenvalue weighted by atomic mass is 35.5. The molecular weight excluding hydrogens is 356 g/mol. The van der Waals surface area contributed by atoms with Crippen molar-refractivity contribution in [2.24, 2.45) is 12.8 Å². The van der Waals surface area contributed by atoms with E-state index in [9.17, 15) is 14.4 Å². The number of fused-ring (bicyclic) bond motifs is 1. The van der Waals surface area contributed by atoms with Crippen molar-refractivity contribution in [2.75, 3.05) is 6.54 Å². The number of halogens is 1. The molecule has 1 aliphatic rings. The van der Waals surface area contributed by atoms with Crippen LogP contribution in [-0.4, -0.2) is 27.5 Å². The summed E-state index contributed by atoms with van der Waals surface area (Å²) in [7, 11) is 1.73.